The lowest BCUT2D eigenvalue weighted by Crippen LogP contribution is -2.28. The highest BCUT2D eigenvalue weighted by atomic mass is 32.2. The molecule has 0 saturated heterocycles. The maximum atomic E-state index is 11.0. The van der Waals surface area contributed by atoms with Crippen LogP contribution < -0.4 is 0 Å². The van der Waals surface area contributed by atoms with Crippen LogP contribution in [0.4, 0.5) is 0 Å². The van der Waals surface area contributed by atoms with E-state index in [9.17, 15) is 13.5 Å². The van der Waals surface area contributed by atoms with Crippen LogP contribution in [0.1, 0.15) is 97.3 Å². The van der Waals surface area contributed by atoms with Gasteiger partial charge in [-0.05, 0) is 18.8 Å². The maximum absolute atomic E-state index is 11.0. The fourth-order valence-electron chi connectivity index (χ4n) is 3.08. The molecule has 0 fully saturated rings. The minimum absolute atomic E-state index is 0.0106. The summed E-state index contributed by atoms with van der Waals surface area (Å²) < 4.78 is 30.9. The van der Waals surface area contributed by atoms with Gasteiger partial charge < -0.3 is 5.11 Å². The van der Waals surface area contributed by atoms with E-state index in [0.29, 0.717) is 0 Å². The Balaban J connectivity index is 4.01. The Bertz CT molecular complexity index is 354. The number of unbranched alkanes of at least 4 members (excludes halogenated alkanes) is 9. The second-order valence-corrected chi connectivity index (χ2v) is 8.33. The SMILES string of the molecule is CCCCCCCCCCC(CCCCC)C(O)CS(=O)(=O)O. The average molecular weight is 351 g/mol. The van der Waals surface area contributed by atoms with Crippen LogP contribution in [0.25, 0.3) is 0 Å². The van der Waals surface area contributed by atoms with Gasteiger partial charge in [0, 0.05) is 0 Å². The highest BCUT2D eigenvalue weighted by Crippen LogP contribution is 2.22. The van der Waals surface area contributed by atoms with E-state index in [1.165, 1.54) is 38.5 Å². The van der Waals surface area contributed by atoms with Crippen molar-refractivity contribution < 1.29 is 18.1 Å². The third-order valence-corrected chi connectivity index (χ3v) is 5.30. The minimum atomic E-state index is -4.10. The van der Waals surface area contributed by atoms with Crippen LogP contribution in [0.15, 0.2) is 0 Å². The number of hydrogen-bond acceptors (Lipinski definition) is 3. The number of hydrogen-bond donors (Lipinski definition) is 2. The lowest BCUT2D eigenvalue weighted by Gasteiger charge is -2.22. The molecule has 140 valence electrons. The van der Waals surface area contributed by atoms with E-state index in [4.69, 9.17) is 4.55 Å². The third kappa shape index (κ3) is 15.2. The van der Waals surface area contributed by atoms with Gasteiger partial charge in [-0.25, -0.2) is 0 Å². The van der Waals surface area contributed by atoms with Crippen LogP contribution in [0.2, 0.25) is 0 Å². The Kier molecular flexibility index (Phi) is 14.2. The second kappa shape index (κ2) is 14.2. The first kappa shape index (κ1) is 22.9. The molecule has 2 N–H and O–H groups in total. The first-order chi connectivity index (χ1) is 10.9. The van der Waals surface area contributed by atoms with Crippen molar-refractivity contribution in [3.05, 3.63) is 0 Å². The Morgan fingerprint density at radius 1 is 0.739 bits per heavy atom. The Morgan fingerprint density at radius 2 is 1.13 bits per heavy atom. The van der Waals surface area contributed by atoms with Gasteiger partial charge >= 0.3 is 0 Å². The minimum Gasteiger partial charge on any atom is -0.392 e. The largest absolute Gasteiger partial charge is 0.392 e. The van der Waals surface area contributed by atoms with Gasteiger partial charge in [0.1, 0.15) is 5.75 Å². The summed E-state index contributed by atoms with van der Waals surface area (Å²) in [5, 5.41) is 10.1. The molecule has 0 amide bonds. The van der Waals surface area contributed by atoms with E-state index in [1.54, 1.807) is 0 Å². The Morgan fingerprint density at radius 3 is 1.61 bits per heavy atom. The second-order valence-electron chi connectivity index (χ2n) is 6.84. The van der Waals surface area contributed by atoms with Gasteiger partial charge in [-0.15, -0.1) is 0 Å². The van der Waals surface area contributed by atoms with Crippen molar-refractivity contribution in [2.45, 2.75) is 103 Å². The van der Waals surface area contributed by atoms with E-state index in [0.717, 1.165) is 44.9 Å². The number of aliphatic hydroxyl groups excluding tert-OH is 1. The normalized spacial score (nSPS) is 14.8. The van der Waals surface area contributed by atoms with Gasteiger partial charge in [0.2, 0.25) is 0 Å². The molecular formula is C18H38O4S. The van der Waals surface area contributed by atoms with Gasteiger partial charge in [0.25, 0.3) is 10.1 Å². The molecule has 0 heterocycles. The van der Waals surface area contributed by atoms with Crippen molar-refractivity contribution in [1.82, 2.24) is 0 Å². The van der Waals surface area contributed by atoms with Crippen LogP contribution >= 0.6 is 0 Å². The molecule has 0 saturated carbocycles. The smallest absolute Gasteiger partial charge is 0.267 e. The van der Waals surface area contributed by atoms with E-state index >= 15 is 0 Å². The van der Waals surface area contributed by atoms with E-state index in [2.05, 4.69) is 13.8 Å². The van der Waals surface area contributed by atoms with Crippen LogP contribution in [-0.2, 0) is 10.1 Å². The molecule has 0 rings (SSSR count). The first-order valence-electron chi connectivity index (χ1n) is 9.54. The summed E-state index contributed by atoms with van der Waals surface area (Å²) in [5.41, 5.74) is 0. The summed E-state index contributed by atoms with van der Waals surface area (Å²) in [6.07, 6.45) is 13.9. The van der Waals surface area contributed by atoms with Gasteiger partial charge in [0.15, 0.2) is 0 Å². The Hall–Kier alpha value is -0.130. The molecule has 0 aromatic heterocycles. The van der Waals surface area contributed by atoms with E-state index in [1.807, 2.05) is 0 Å². The molecule has 0 aromatic rings. The molecule has 0 aliphatic carbocycles. The molecule has 2 unspecified atom stereocenters. The van der Waals surface area contributed by atoms with Crippen LogP contribution in [-0.4, -0.2) is 29.9 Å². The lowest BCUT2D eigenvalue weighted by molar-refractivity contribution is 0.112. The summed E-state index contributed by atoms with van der Waals surface area (Å²) in [6.45, 7) is 4.35. The number of rotatable bonds is 16. The van der Waals surface area contributed by atoms with Gasteiger partial charge in [-0.3, -0.25) is 4.55 Å². The fourth-order valence-corrected chi connectivity index (χ4v) is 3.78. The molecule has 0 aromatic carbocycles. The van der Waals surface area contributed by atoms with E-state index in [-0.39, 0.29) is 5.92 Å². The topological polar surface area (TPSA) is 74.6 Å². The predicted molar refractivity (Wildman–Crippen MR) is 97.3 cm³/mol. The standard InChI is InChI=1S/C18H38O4S/c1-3-5-7-8-9-10-11-13-15-17(14-12-6-4-2)18(19)16-23(20,21)22/h17-19H,3-16H2,1-2H3,(H,20,21,22). The van der Waals surface area contributed by atoms with Crippen molar-refractivity contribution in [3.8, 4) is 0 Å². The van der Waals surface area contributed by atoms with Crippen LogP contribution in [0.3, 0.4) is 0 Å². The summed E-state index contributed by atoms with van der Waals surface area (Å²) in [7, 11) is -4.10. The molecule has 0 aliphatic heterocycles. The number of aliphatic hydroxyl groups is 1. The zero-order valence-electron chi connectivity index (χ0n) is 15.2. The highest BCUT2D eigenvalue weighted by Gasteiger charge is 2.23. The summed E-state index contributed by atoms with van der Waals surface area (Å²) >= 11 is 0. The molecule has 0 spiro atoms. The average Bonchev–Trinajstić information content (AvgIpc) is 2.46. The van der Waals surface area contributed by atoms with Crippen molar-refractivity contribution in [2.75, 3.05) is 5.75 Å². The summed E-state index contributed by atoms with van der Waals surface area (Å²) in [6, 6.07) is 0. The predicted octanol–water partition coefficient (Wildman–Crippen LogP) is 4.96. The van der Waals surface area contributed by atoms with Crippen LogP contribution in [0, 0.1) is 5.92 Å². The molecule has 2 atom stereocenters. The first-order valence-corrected chi connectivity index (χ1v) is 11.1. The summed E-state index contributed by atoms with van der Waals surface area (Å²) in [5.74, 6) is -0.538. The van der Waals surface area contributed by atoms with Crippen LogP contribution in [0.5, 0.6) is 0 Å². The van der Waals surface area contributed by atoms with Gasteiger partial charge in [-0.1, -0.05) is 84.5 Å². The van der Waals surface area contributed by atoms with Crippen molar-refractivity contribution in [2.24, 2.45) is 5.92 Å². The quantitative estimate of drug-likeness (QED) is 0.305. The molecule has 4 nitrogen and oxygen atoms in total. The molecule has 0 aliphatic rings. The fraction of sp³-hybridized carbons (Fsp3) is 1.00. The van der Waals surface area contributed by atoms with Crippen molar-refractivity contribution >= 4 is 10.1 Å². The molecule has 23 heavy (non-hydrogen) atoms. The highest BCUT2D eigenvalue weighted by molar-refractivity contribution is 7.85. The van der Waals surface area contributed by atoms with Crippen molar-refractivity contribution in [1.29, 1.82) is 0 Å². The molecule has 0 radical (unpaired) electrons. The monoisotopic (exact) mass is 350 g/mol. The molecule has 5 heteroatoms. The zero-order chi connectivity index (χ0) is 17.6. The Labute approximate surface area is 143 Å². The van der Waals surface area contributed by atoms with E-state index < -0.39 is 22.0 Å². The van der Waals surface area contributed by atoms with Gasteiger partial charge in [0.05, 0.1) is 6.10 Å². The maximum Gasteiger partial charge on any atom is 0.267 e. The van der Waals surface area contributed by atoms with Gasteiger partial charge in [-0.2, -0.15) is 8.42 Å². The zero-order valence-corrected chi connectivity index (χ0v) is 16.0. The van der Waals surface area contributed by atoms with Crippen molar-refractivity contribution in [3.63, 3.8) is 0 Å². The third-order valence-electron chi connectivity index (χ3n) is 4.53. The summed E-state index contributed by atoms with van der Waals surface area (Å²) in [4.78, 5) is 0. The molecule has 0 bridgehead atoms. The lowest BCUT2D eigenvalue weighted by atomic mass is 9.90. The molecular weight excluding hydrogens is 312 g/mol.